The second-order valence-corrected chi connectivity index (χ2v) is 6.04. The molecule has 2 N–H and O–H groups in total. The topological polar surface area (TPSA) is 52.6 Å². The van der Waals surface area contributed by atoms with Crippen LogP contribution in [-0.2, 0) is 11.2 Å². The number of aliphatic hydroxyl groups excluding tert-OH is 1. The van der Waals surface area contributed by atoms with Gasteiger partial charge >= 0.3 is 0 Å². The molecule has 1 saturated heterocycles. The van der Waals surface area contributed by atoms with Crippen LogP contribution in [0.5, 0.6) is 0 Å². The minimum Gasteiger partial charge on any atom is -0.394 e. The van der Waals surface area contributed by atoms with Crippen LogP contribution in [0, 0.1) is 5.92 Å². The van der Waals surface area contributed by atoms with Gasteiger partial charge in [-0.2, -0.15) is 0 Å². The van der Waals surface area contributed by atoms with Crippen molar-refractivity contribution >= 4 is 5.91 Å². The Morgan fingerprint density at radius 1 is 1.26 bits per heavy atom. The van der Waals surface area contributed by atoms with Gasteiger partial charge in [0.15, 0.2) is 0 Å². The molecule has 1 aromatic carbocycles. The number of nitrogens with zero attached hydrogens (tertiary/aromatic N) is 1. The van der Waals surface area contributed by atoms with E-state index in [1.165, 1.54) is 0 Å². The predicted octanol–water partition coefficient (Wildman–Crippen LogP) is 1.68. The molecular weight excluding hydrogens is 302 g/mol. The quantitative estimate of drug-likeness (QED) is 0.802. The monoisotopic (exact) mass is 326 g/mol. The number of benzene rings is 1. The fourth-order valence-corrected chi connectivity index (χ4v) is 2.95. The largest absolute Gasteiger partial charge is 0.394 e. The molecule has 0 spiro atoms. The second-order valence-electron chi connectivity index (χ2n) is 6.04. The summed E-state index contributed by atoms with van der Waals surface area (Å²) in [6.07, 6.45) is -0.581. The Bertz CT molecular complexity index is 477. The molecule has 0 bridgehead atoms. The van der Waals surface area contributed by atoms with E-state index in [1.54, 1.807) is 4.90 Å². The Morgan fingerprint density at radius 3 is 2.48 bits per heavy atom. The van der Waals surface area contributed by atoms with Gasteiger partial charge in [0.2, 0.25) is 5.91 Å². The SMILES string of the molecule is O=C(N[C@@H](CO)Cc1ccccc1)C1CCN(CC(F)F)CC1. The molecule has 1 aliphatic rings. The zero-order valence-electron chi connectivity index (χ0n) is 13.1. The highest BCUT2D eigenvalue weighted by molar-refractivity contribution is 5.79. The maximum Gasteiger partial charge on any atom is 0.251 e. The maximum atomic E-state index is 12.4. The van der Waals surface area contributed by atoms with E-state index in [-0.39, 0.29) is 31.0 Å². The first-order valence-electron chi connectivity index (χ1n) is 8.04. The van der Waals surface area contributed by atoms with Crippen LogP contribution in [-0.4, -0.2) is 54.6 Å². The lowest BCUT2D eigenvalue weighted by Gasteiger charge is -2.31. The van der Waals surface area contributed by atoms with E-state index in [2.05, 4.69) is 5.32 Å². The van der Waals surface area contributed by atoms with Crippen molar-refractivity contribution in [2.75, 3.05) is 26.2 Å². The molecule has 0 aliphatic carbocycles. The van der Waals surface area contributed by atoms with E-state index >= 15 is 0 Å². The molecule has 4 nitrogen and oxygen atoms in total. The van der Waals surface area contributed by atoms with E-state index < -0.39 is 6.43 Å². The van der Waals surface area contributed by atoms with E-state index in [1.807, 2.05) is 30.3 Å². The zero-order chi connectivity index (χ0) is 16.7. The van der Waals surface area contributed by atoms with Crippen LogP contribution in [0.25, 0.3) is 0 Å². The number of carbonyl (C=O) groups excluding carboxylic acids is 1. The lowest BCUT2D eigenvalue weighted by molar-refractivity contribution is -0.127. The molecule has 1 heterocycles. The molecule has 6 heteroatoms. The van der Waals surface area contributed by atoms with Crippen LogP contribution in [0.1, 0.15) is 18.4 Å². The molecule has 23 heavy (non-hydrogen) atoms. The van der Waals surface area contributed by atoms with Crippen molar-refractivity contribution in [2.45, 2.75) is 31.7 Å². The van der Waals surface area contributed by atoms with Crippen LogP contribution < -0.4 is 5.32 Å². The van der Waals surface area contributed by atoms with Gasteiger partial charge in [0.25, 0.3) is 6.43 Å². The normalized spacial score (nSPS) is 18.1. The highest BCUT2D eigenvalue weighted by Gasteiger charge is 2.27. The highest BCUT2D eigenvalue weighted by Crippen LogP contribution is 2.18. The van der Waals surface area contributed by atoms with E-state index in [0.717, 1.165) is 5.56 Å². The van der Waals surface area contributed by atoms with E-state index in [0.29, 0.717) is 32.4 Å². The fourth-order valence-electron chi connectivity index (χ4n) is 2.95. The Morgan fingerprint density at radius 2 is 1.91 bits per heavy atom. The third-order valence-electron chi connectivity index (χ3n) is 4.25. The number of likely N-dealkylation sites (tertiary alicyclic amines) is 1. The summed E-state index contributed by atoms with van der Waals surface area (Å²) in [5, 5.41) is 12.4. The van der Waals surface area contributed by atoms with Crippen molar-refractivity contribution in [3.63, 3.8) is 0 Å². The number of piperidine rings is 1. The van der Waals surface area contributed by atoms with Gasteiger partial charge < -0.3 is 10.4 Å². The molecule has 1 aromatic rings. The third-order valence-corrected chi connectivity index (χ3v) is 4.25. The number of hydrogen-bond acceptors (Lipinski definition) is 3. The van der Waals surface area contributed by atoms with Crippen LogP contribution >= 0.6 is 0 Å². The lowest BCUT2D eigenvalue weighted by Crippen LogP contribution is -2.46. The van der Waals surface area contributed by atoms with Crippen LogP contribution in [0.15, 0.2) is 30.3 Å². The van der Waals surface area contributed by atoms with Crippen molar-refractivity contribution in [2.24, 2.45) is 5.92 Å². The Labute approximate surface area is 135 Å². The van der Waals surface area contributed by atoms with Gasteiger partial charge in [-0.25, -0.2) is 8.78 Å². The molecule has 1 fully saturated rings. The zero-order valence-corrected chi connectivity index (χ0v) is 13.1. The maximum absolute atomic E-state index is 12.4. The summed E-state index contributed by atoms with van der Waals surface area (Å²) in [4.78, 5) is 14.0. The van der Waals surface area contributed by atoms with Crippen molar-refractivity contribution in [1.29, 1.82) is 0 Å². The minimum absolute atomic E-state index is 0.0864. The molecule has 2 rings (SSSR count). The number of aliphatic hydroxyl groups is 1. The van der Waals surface area contributed by atoms with Crippen molar-refractivity contribution in [3.8, 4) is 0 Å². The number of hydrogen-bond donors (Lipinski definition) is 2. The lowest BCUT2D eigenvalue weighted by atomic mass is 9.95. The highest BCUT2D eigenvalue weighted by atomic mass is 19.3. The first kappa shape index (κ1) is 17.8. The molecule has 128 valence electrons. The van der Waals surface area contributed by atoms with Gasteiger partial charge in [-0.3, -0.25) is 9.69 Å². The molecule has 0 unspecified atom stereocenters. The van der Waals surface area contributed by atoms with Crippen molar-refractivity contribution in [1.82, 2.24) is 10.2 Å². The average Bonchev–Trinajstić information content (AvgIpc) is 2.55. The number of alkyl halides is 2. The molecule has 0 saturated carbocycles. The van der Waals surface area contributed by atoms with Crippen LogP contribution in [0.3, 0.4) is 0 Å². The summed E-state index contributed by atoms with van der Waals surface area (Å²) in [6, 6.07) is 9.36. The van der Waals surface area contributed by atoms with Gasteiger partial charge in [-0.15, -0.1) is 0 Å². The average molecular weight is 326 g/mol. The summed E-state index contributed by atoms with van der Waals surface area (Å²) in [7, 11) is 0. The smallest absolute Gasteiger partial charge is 0.251 e. The molecule has 1 aliphatic heterocycles. The Hall–Kier alpha value is -1.53. The first-order chi connectivity index (χ1) is 11.1. The van der Waals surface area contributed by atoms with Crippen LogP contribution in [0.4, 0.5) is 8.78 Å². The number of rotatable bonds is 7. The molecule has 1 atom stereocenters. The minimum atomic E-state index is -2.33. The van der Waals surface area contributed by atoms with Gasteiger partial charge in [0.1, 0.15) is 0 Å². The number of carbonyl (C=O) groups is 1. The van der Waals surface area contributed by atoms with Gasteiger partial charge in [-0.05, 0) is 37.9 Å². The number of amides is 1. The molecule has 1 amide bonds. The second kappa shape index (κ2) is 8.93. The van der Waals surface area contributed by atoms with Gasteiger partial charge in [-0.1, -0.05) is 30.3 Å². The van der Waals surface area contributed by atoms with Gasteiger partial charge in [0, 0.05) is 5.92 Å². The van der Waals surface area contributed by atoms with E-state index in [9.17, 15) is 18.7 Å². The third kappa shape index (κ3) is 5.88. The Kier molecular flexibility index (Phi) is 6.92. The number of halogens is 2. The van der Waals surface area contributed by atoms with Crippen molar-refractivity contribution in [3.05, 3.63) is 35.9 Å². The van der Waals surface area contributed by atoms with Crippen molar-refractivity contribution < 1.29 is 18.7 Å². The molecule has 0 aromatic heterocycles. The number of nitrogens with one attached hydrogen (secondary N) is 1. The summed E-state index contributed by atoms with van der Waals surface area (Å²) < 4.78 is 24.7. The standard InChI is InChI=1S/C17H24F2N2O2/c18-16(19)11-21-8-6-14(7-9-21)17(23)20-15(12-22)10-13-4-2-1-3-5-13/h1-5,14-16,22H,6-12H2,(H,20,23)/t15-/m1/s1. The summed E-state index contributed by atoms with van der Waals surface area (Å²) in [5.74, 6) is -0.245. The van der Waals surface area contributed by atoms with E-state index in [4.69, 9.17) is 0 Å². The predicted molar refractivity (Wildman–Crippen MR) is 84.3 cm³/mol. The summed E-state index contributed by atoms with van der Waals surface area (Å²) >= 11 is 0. The fraction of sp³-hybridized carbons (Fsp3) is 0.588. The summed E-state index contributed by atoms with van der Waals surface area (Å²) in [6.45, 7) is 0.697. The molecular formula is C17H24F2N2O2. The summed E-state index contributed by atoms with van der Waals surface area (Å²) in [5.41, 5.74) is 1.05. The van der Waals surface area contributed by atoms with Gasteiger partial charge in [0.05, 0.1) is 19.2 Å². The first-order valence-corrected chi connectivity index (χ1v) is 8.04. The molecule has 0 radical (unpaired) electrons. The van der Waals surface area contributed by atoms with Crippen LogP contribution in [0.2, 0.25) is 0 Å². The Balaban J connectivity index is 1.79.